The molecule has 0 amide bonds. The predicted octanol–water partition coefficient (Wildman–Crippen LogP) is 1.67. The molecule has 80 valence electrons. The fraction of sp³-hybridized carbons (Fsp3) is 0.182. The van der Waals surface area contributed by atoms with E-state index in [-0.39, 0.29) is 0 Å². The fourth-order valence-corrected chi connectivity index (χ4v) is 1.77. The van der Waals surface area contributed by atoms with E-state index in [9.17, 15) is 0 Å². The van der Waals surface area contributed by atoms with Gasteiger partial charge < -0.3 is 4.98 Å². The largest absolute Gasteiger partial charge is 0.337 e. The Hall–Kier alpha value is -2.17. The predicted molar refractivity (Wildman–Crippen MR) is 60.8 cm³/mol. The molecular formula is C11H11N5. The van der Waals surface area contributed by atoms with Gasteiger partial charge in [0.1, 0.15) is 5.52 Å². The van der Waals surface area contributed by atoms with Crippen LogP contribution in [-0.4, -0.2) is 24.7 Å². The van der Waals surface area contributed by atoms with Crippen molar-refractivity contribution < 1.29 is 0 Å². The Morgan fingerprint density at radius 2 is 2.25 bits per heavy atom. The second-order valence-electron chi connectivity index (χ2n) is 3.77. The molecule has 0 aliphatic heterocycles. The minimum Gasteiger partial charge on any atom is -0.337 e. The molecule has 0 aliphatic carbocycles. The molecule has 3 heterocycles. The lowest BCUT2D eigenvalue weighted by Crippen LogP contribution is -1.92. The maximum atomic E-state index is 4.41. The van der Waals surface area contributed by atoms with Crippen molar-refractivity contribution in [3.63, 3.8) is 0 Å². The normalized spacial score (nSPS) is 11.1. The molecule has 0 saturated heterocycles. The van der Waals surface area contributed by atoms with Crippen molar-refractivity contribution in [2.75, 3.05) is 0 Å². The van der Waals surface area contributed by atoms with E-state index < -0.39 is 0 Å². The van der Waals surface area contributed by atoms with Crippen LogP contribution in [0.3, 0.4) is 0 Å². The van der Waals surface area contributed by atoms with Crippen LogP contribution in [-0.2, 0) is 7.05 Å². The second-order valence-corrected chi connectivity index (χ2v) is 3.77. The topological polar surface area (TPSA) is 59.4 Å². The van der Waals surface area contributed by atoms with Crippen LogP contribution in [0.5, 0.6) is 0 Å². The van der Waals surface area contributed by atoms with Crippen LogP contribution in [0.25, 0.3) is 22.6 Å². The van der Waals surface area contributed by atoms with Gasteiger partial charge in [0, 0.05) is 13.2 Å². The zero-order valence-electron chi connectivity index (χ0n) is 9.10. The number of rotatable bonds is 1. The molecule has 0 radical (unpaired) electrons. The van der Waals surface area contributed by atoms with Gasteiger partial charge in [-0.25, -0.2) is 9.97 Å². The van der Waals surface area contributed by atoms with Gasteiger partial charge in [0.15, 0.2) is 5.65 Å². The lowest BCUT2D eigenvalue weighted by Gasteiger charge is -1.96. The zero-order chi connectivity index (χ0) is 11.1. The van der Waals surface area contributed by atoms with Gasteiger partial charge in [0.05, 0.1) is 23.3 Å². The zero-order valence-corrected chi connectivity index (χ0v) is 9.10. The van der Waals surface area contributed by atoms with Crippen LogP contribution in [0.1, 0.15) is 5.69 Å². The van der Waals surface area contributed by atoms with E-state index in [1.165, 1.54) is 0 Å². The van der Waals surface area contributed by atoms with Crippen molar-refractivity contribution in [1.29, 1.82) is 0 Å². The first-order chi connectivity index (χ1) is 7.74. The lowest BCUT2D eigenvalue weighted by molar-refractivity contribution is 0.774. The van der Waals surface area contributed by atoms with E-state index in [2.05, 4.69) is 20.1 Å². The monoisotopic (exact) mass is 213 g/mol. The van der Waals surface area contributed by atoms with Crippen molar-refractivity contribution in [3.05, 3.63) is 30.2 Å². The summed E-state index contributed by atoms with van der Waals surface area (Å²) in [6.07, 6.45) is 3.53. The third-order valence-corrected chi connectivity index (χ3v) is 2.55. The number of aromatic amines is 1. The van der Waals surface area contributed by atoms with E-state index >= 15 is 0 Å². The smallest absolute Gasteiger partial charge is 0.156 e. The second kappa shape index (κ2) is 3.16. The first-order valence-corrected chi connectivity index (χ1v) is 5.05. The highest BCUT2D eigenvalue weighted by Gasteiger charge is 2.07. The highest BCUT2D eigenvalue weighted by atomic mass is 15.3. The van der Waals surface area contributed by atoms with Crippen molar-refractivity contribution in [1.82, 2.24) is 24.7 Å². The Morgan fingerprint density at radius 1 is 1.38 bits per heavy atom. The summed E-state index contributed by atoms with van der Waals surface area (Å²) in [7, 11) is 1.91. The Kier molecular flexibility index (Phi) is 1.80. The number of hydrogen-bond donors (Lipinski definition) is 1. The summed E-state index contributed by atoms with van der Waals surface area (Å²) in [5, 5.41) is 4.14. The average Bonchev–Trinajstić information content (AvgIpc) is 2.82. The van der Waals surface area contributed by atoms with Crippen LogP contribution in [0, 0.1) is 6.92 Å². The SMILES string of the molecule is Cc1cnc2[nH]c(-c3ccnn3C)cc2n1. The number of hydrogen-bond acceptors (Lipinski definition) is 3. The quantitative estimate of drug-likeness (QED) is 0.668. The number of fused-ring (bicyclic) bond motifs is 1. The van der Waals surface area contributed by atoms with Gasteiger partial charge >= 0.3 is 0 Å². The number of aryl methyl sites for hydroxylation is 2. The van der Waals surface area contributed by atoms with E-state index in [0.717, 1.165) is 28.2 Å². The highest BCUT2D eigenvalue weighted by Crippen LogP contribution is 2.20. The molecule has 5 nitrogen and oxygen atoms in total. The van der Waals surface area contributed by atoms with Crippen molar-refractivity contribution >= 4 is 11.2 Å². The third-order valence-electron chi connectivity index (χ3n) is 2.55. The standard InChI is InChI=1S/C11H11N5/c1-7-6-12-11-9(14-7)5-8(15-11)10-3-4-13-16(10)2/h3-6H,1-2H3,(H,12,15). The van der Waals surface area contributed by atoms with Gasteiger partial charge in [-0.1, -0.05) is 0 Å². The molecule has 3 aromatic rings. The van der Waals surface area contributed by atoms with Gasteiger partial charge in [-0.05, 0) is 19.1 Å². The molecule has 0 bridgehead atoms. The molecule has 5 heteroatoms. The number of H-pyrrole nitrogens is 1. The molecule has 1 N–H and O–H groups in total. The molecule has 0 atom stereocenters. The minimum atomic E-state index is 0.807. The van der Waals surface area contributed by atoms with Gasteiger partial charge in [0.2, 0.25) is 0 Å². The number of nitrogens with one attached hydrogen (secondary N) is 1. The maximum Gasteiger partial charge on any atom is 0.156 e. The summed E-state index contributed by atoms with van der Waals surface area (Å²) in [4.78, 5) is 11.9. The first-order valence-electron chi connectivity index (χ1n) is 5.05. The van der Waals surface area contributed by atoms with E-state index in [4.69, 9.17) is 0 Å². The molecule has 0 aromatic carbocycles. The number of nitrogens with zero attached hydrogens (tertiary/aromatic N) is 4. The van der Waals surface area contributed by atoms with Crippen molar-refractivity contribution in [2.45, 2.75) is 6.92 Å². The van der Waals surface area contributed by atoms with Gasteiger partial charge in [-0.2, -0.15) is 5.10 Å². The summed E-state index contributed by atoms with van der Waals surface area (Å²) in [6, 6.07) is 3.95. The van der Waals surface area contributed by atoms with Crippen LogP contribution >= 0.6 is 0 Å². The fourth-order valence-electron chi connectivity index (χ4n) is 1.77. The van der Waals surface area contributed by atoms with Gasteiger partial charge in [-0.15, -0.1) is 0 Å². The Morgan fingerprint density at radius 3 is 3.00 bits per heavy atom. The minimum absolute atomic E-state index is 0.807. The van der Waals surface area contributed by atoms with E-state index in [0.29, 0.717) is 0 Å². The Balaban J connectivity index is 2.23. The van der Waals surface area contributed by atoms with E-state index in [1.54, 1.807) is 12.4 Å². The molecule has 0 fully saturated rings. The van der Waals surface area contributed by atoms with Crippen LogP contribution in [0.2, 0.25) is 0 Å². The average molecular weight is 213 g/mol. The lowest BCUT2D eigenvalue weighted by atomic mass is 10.3. The highest BCUT2D eigenvalue weighted by molar-refractivity contribution is 5.78. The number of aromatic nitrogens is 5. The third kappa shape index (κ3) is 1.29. The molecule has 0 spiro atoms. The molecule has 3 aromatic heterocycles. The van der Waals surface area contributed by atoms with Crippen LogP contribution in [0.15, 0.2) is 24.5 Å². The summed E-state index contributed by atoms with van der Waals surface area (Å²) >= 11 is 0. The Bertz CT molecular complexity index is 649. The van der Waals surface area contributed by atoms with E-state index in [1.807, 2.05) is 30.8 Å². The summed E-state index contributed by atoms with van der Waals surface area (Å²) in [6.45, 7) is 1.93. The first kappa shape index (κ1) is 9.08. The molecule has 0 aliphatic rings. The summed E-state index contributed by atoms with van der Waals surface area (Å²) < 4.78 is 1.82. The van der Waals surface area contributed by atoms with Gasteiger partial charge in [-0.3, -0.25) is 4.68 Å². The van der Waals surface area contributed by atoms with Gasteiger partial charge in [0.25, 0.3) is 0 Å². The van der Waals surface area contributed by atoms with Crippen LogP contribution < -0.4 is 0 Å². The van der Waals surface area contributed by atoms with Crippen LogP contribution in [0.4, 0.5) is 0 Å². The van der Waals surface area contributed by atoms with Crippen molar-refractivity contribution in [2.24, 2.45) is 7.05 Å². The van der Waals surface area contributed by atoms with Crippen molar-refractivity contribution in [3.8, 4) is 11.4 Å². The molecule has 16 heavy (non-hydrogen) atoms. The molecule has 0 saturated carbocycles. The summed E-state index contributed by atoms with van der Waals surface area (Å²) in [5.74, 6) is 0. The Labute approximate surface area is 92.2 Å². The summed E-state index contributed by atoms with van der Waals surface area (Å²) in [5.41, 5.74) is 4.62. The molecule has 3 rings (SSSR count). The maximum absolute atomic E-state index is 4.41. The molecular weight excluding hydrogens is 202 g/mol. The molecule has 0 unspecified atom stereocenters.